The van der Waals surface area contributed by atoms with Gasteiger partial charge in [0, 0.05) is 6.54 Å². The zero-order valence-corrected chi connectivity index (χ0v) is 13.3. The molecule has 0 unspecified atom stereocenters. The molecule has 0 spiro atoms. The van der Waals surface area contributed by atoms with E-state index in [-0.39, 0.29) is 12.5 Å². The van der Waals surface area contributed by atoms with Crippen molar-refractivity contribution < 1.29 is 4.79 Å². The molecule has 3 aromatic rings. The Bertz CT molecular complexity index is 866. The average molecular weight is 329 g/mol. The molecule has 0 saturated carbocycles. The summed E-state index contributed by atoms with van der Waals surface area (Å²) in [6.07, 6.45) is 0. The Morgan fingerprint density at radius 3 is 2.78 bits per heavy atom. The van der Waals surface area contributed by atoms with E-state index >= 15 is 0 Å². The molecule has 0 aliphatic carbocycles. The number of aromatic nitrogens is 4. The van der Waals surface area contributed by atoms with Crippen LogP contribution in [-0.4, -0.2) is 25.7 Å². The first-order chi connectivity index (χ1) is 11.1. The minimum absolute atomic E-state index is 0.157. The smallest absolute Gasteiger partial charge is 0.350 e. The Labute approximate surface area is 136 Å². The van der Waals surface area contributed by atoms with Crippen molar-refractivity contribution in [3.8, 4) is 5.00 Å². The number of benzene rings is 1. The van der Waals surface area contributed by atoms with Crippen molar-refractivity contribution in [2.75, 3.05) is 0 Å². The van der Waals surface area contributed by atoms with Crippen LogP contribution in [0.3, 0.4) is 0 Å². The van der Waals surface area contributed by atoms with E-state index in [0.717, 1.165) is 15.8 Å². The standard InChI is InChI=1S/C15H15N5O2S/c1-11-5-2-3-6-12(11)9-16-13(21)10-19-15(22)20(18-17-19)14-7-4-8-23-14/h2-8H,9-10H2,1H3,(H,16,21). The number of aryl methyl sites for hydroxylation is 1. The van der Waals surface area contributed by atoms with Gasteiger partial charge in [-0.05, 0) is 46.0 Å². The molecule has 1 aromatic carbocycles. The highest BCUT2D eigenvalue weighted by atomic mass is 32.1. The molecule has 1 N–H and O–H groups in total. The molecule has 118 valence electrons. The van der Waals surface area contributed by atoms with Crippen molar-refractivity contribution in [3.63, 3.8) is 0 Å². The van der Waals surface area contributed by atoms with Crippen LogP contribution < -0.4 is 11.0 Å². The number of thiophene rings is 1. The maximum atomic E-state index is 12.2. The Morgan fingerprint density at radius 2 is 2.04 bits per heavy atom. The monoisotopic (exact) mass is 329 g/mol. The highest BCUT2D eigenvalue weighted by Gasteiger charge is 2.12. The van der Waals surface area contributed by atoms with Crippen molar-refractivity contribution in [1.29, 1.82) is 0 Å². The molecule has 0 fully saturated rings. The van der Waals surface area contributed by atoms with Crippen LogP contribution >= 0.6 is 11.3 Å². The lowest BCUT2D eigenvalue weighted by molar-refractivity contribution is -0.122. The van der Waals surface area contributed by atoms with Gasteiger partial charge < -0.3 is 5.32 Å². The first-order valence-electron chi connectivity index (χ1n) is 7.03. The molecule has 0 radical (unpaired) electrons. The lowest BCUT2D eigenvalue weighted by atomic mass is 10.1. The van der Waals surface area contributed by atoms with E-state index < -0.39 is 5.69 Å². The first-order valence-corrected chi connectivity index (χ1v) is 7.91. The van der Waals surface area contributed by atoms with Crippen molar-refractivity contribution in [2.24, 2.45) is 0 Å². The Hall–Kier alpha value is -2.74. The number of carbonyl (C=O) groups excluding carboxylic acids is 1. The maximum Gasteiger partial charge on any atom is 0.369 e. The Morgan fingerprint density at radius 1 is 1.22 bits per heavy atom. The molecular formula is C15H15N5O2S. The van der Waals surface area contributed by atoms with E-state index in [4.69, 9.17) is 0 Å². The molecule has 0 atom stereocenters. The second kappa shape index (κ2) is 6.57. The summed E-state index contributed by atoms with van der Waals surface area (Å²) in [6.45, 7) is 2.24. The molecule has 8 heteroatoms. The predicted molar refractivity (Wildman–Crippen MR) is 86.5 cm³/mol. The molecule has 0 aliphatic heterocycles. The zero-order valence-electron chi connectivity index (χ0n) is 12.5. The van der Waals surface area contributed by atoms with Crippen LogP contribution in [0.4, 0.5) is 0 Å². The molecule has 7 nitrogen and oxygen atoms in total. The van der Waals surface area contributed by atoms with E-state index in [9.17, 15) is 9.59 Å². The van der Waals surface area contributed by atoms with E-state index in [1.165, 1.54) is 16.0 Å². The summed E-state index contributed by atoms with van der Waals surface area (Å²) in [5, 5.41) is 12.8. The fraction of sp³-hybridized carbons (Fsp3) is 0.200. The molecular weight excluding hydrogens is 314 g/mol. The zero-order chi connectivity index (χ0) is 16.2. The lowest BCUT2D eigenvalue weighted by Crippen LogP contribution is -2.33. The minimum Gasteiger partial charge on any atom is -0.350 e. The van der Waals surface area contributed by atoms with Crippen LogP contribution in [0.25, 0.3) is 5.00 Å². The molecule has 1 amide bonds. The lowest BCUT2D eigenvalue weighted by Gasteiger charge is -2.07. The molecule has 23 heavy (non-hydrogen) atoms. The molecule has 0 aliphatic rings. The largest absolute Gasteiger partial charge is 0.369 e. The molecule has 2 aromatic heterocycles. The number of tetrazole rings is 1. The first kappa shape index (κ1) is 15.2. The Kier molecular flexibility index (Phi) is 4.33. The van der Waals surface area contributed by atoms with Crippen LogP contribution in [0, 0.1) is 6.92 Å². The summed E-state index contributed by atoms with van der Waals surface area (Å²) in [4.78, 5) is 24.2. The van der Waals surface area contributed by atoms with Gasteiger partial charge in [-0.25, -0.2) is 4.79 Å². The summed E-state index contributed by atoms with van der Waals surface area (Å²) in [7, 11) is 0. The van der Waals surface area contributed by atoms with Crippen molar-refractivity contribution in [1.82, 2.24) is 25.1 Å². The molecule has 0 bridgehead atoms. The number of carbonyl (C=O) groups is 1. The second-order valence-corrected chi connectivity index (χ2v) is 5.91. The van der Waals surface area contributed by atoms with E-state index in [1.807, 2.05) is 42.6 Å². The van der Waals surface area contributed by atoms with Gasteiger partial charge in [0.25, 0.3) is 0 Å². The van der Waals surface area contributed by atoms with Crippen LogP contribution in [0.1, 0.15) is 11.1 Å². The average Bonchev–Trinajstić information content (AvgIpc) is 3.17. The van der Waals surface area contributed by atoms with Crippen LogP contribution in [0.5, 0.6) is 0 Å². The topological polar surface area (TPSA) is 81.8 Å². The third-order valence-corrected chi connectivity index (χ3v) is 4.23. The van der Waals surface area contributed by atoms with Gasteiger partial charge in [0.2, 0.25) is 5.91 Å². The predicted octanol–water partition coefficient (Wildman–Crippen LogP) is 1.12. The number of nitrogens with one attached hydrogen (secondary N) is 1. The van der Waals surface area contributed by atoms with Crippen LogP contribution in [0.2, 0.25) is 0 Å². The van der Waals surface area contributed by atoms with Gasteiger partial charge in [-0.3, -0.25) is 4.79 Å². The molecule has 3 rings (SSSR count). The van der Waals surface area contributed by atoms with Crippen molar-refractivity contribution in [3.05, 3.63) is 63.4 Å². The fourth-order valence-electron chi connectivity index (χ4n) is 2.10. The van der Waals surface area contributed by atoms with E-state index in [0.29, 0.717) is 11.5 Å². The van der Waals surface area contributed by atoms with Gasteiger partial charge in [0.05, 0.1) is 0 Å². The number of hydrogen-bond acceptors (Lipinski definition) is 5. The SMILES string of the molecule is Cc1ccccc1CNC(=O)Cn1nnn(-c2cccs2)c1=O. The summed E-state index contributed by atoms with van der Waals surface area (Å²) >= 11 is 1.38. The number of amides is 1. The fourth-order valence-corrected chi connectivity index (χ4v) is 2.76. The third kappa shape index (κ3) is 3.37. The van der Waals surface area contributed by atoms with Crippen molar-refractivity contribution >= 4 is 17.2 Å². The summed E-state index contributed by atoms with van der Waals surface area (Å²) in [5.74, 6) is -0.284. The second-order valence-electron chi connectivity index (χ2n) is 4.99. The summed E-state index contributed by atoms with van der Waals surface area (Å²) in [5.41, 5.74) is 1.71. The third-order valence-electron chi connectivity index (χ3n) is 3.38. The van der Waals surface area contributed by atoms with Gasteiger partial charge in [-0.1, -0.05) is 24.3 Å². The Balaban J connectivity index is 1.65. The maximum absolute atomic E-state index is 12.2. The molecule has 2 heterocycles. The number of rotatable bonds is 5. The van der Waals surface area contributed by atoms with Crippen LogP contribution in [0.15, 0.2) is 46.6 Å². The summed E-state index contributed by atoms with van der Waals surface area (Å²) < 4.78 is 2.23. The quantitative estimate of drug-likeness (QED) is 0.760. The van der Waals surface area contributed by atoms with Gasteiger partial charge in [0.15, 0.2) is 0 Å². The normalized spacial score (nSPS) is 10.7. The summed E-state index contributed by atoms with van der Waals surface area (Å²) in [6, 6.07) is 11.4. The number of hydrogen-bond donors (Lipinski definition) is 1. The van der Waals surface area contributed by atoms with Gasteiger partial charge in [0.1, 0.15) is 11.5 Å². The van der Waals surface area contributed by atoms with Crippen molar-refractivity contribution in [2.45, 2.75) is 20.0 Å². The van der Waals surface area contributed by atoms with Gasteiger partial charge >= 0.3 is 5.69 Å². The van der Waals surface area contributed by atoms with Crippen LogP contribution in [-0.2, 0) is 17.9 Å². The number of nitrogens with zero attached hydrogens (tertiary/aromatic N) is 4. The van der Waals surface area contributed by atoms with E-state index in [2.05, 4.69) is 15.7 Å². The van der Waals surface area contributed by atoms with E-state index in [1.54, 1.807) is 6.07 Å². The molecule has 0 saturated heterocycles. The van der Waals surface area contributed by atoms with Gasteiger partial charge in [-0.2, -0.15) is 9.36 Å². The van der Waals surface area contributed by atoms with Gasteiger partial charge in [-0.15, -0.1) is 11.3 Å². The minimum atomic E-state index is -0.432. The highest BCUT2D eigenvalue weighted by Crippen LogP contribution is 2.10. The highest BCUT2D eigenvalue weighted by molar-refractivity contribution is 7.12.